The molecular formula is C21H24N4O2S2. The number of amides is 1. The topological polar surface area (TPSA) is 72.1 Å². The lowest BCUT2D eigenvalue weighted by atomic mass is 9.90. The van der Waals surface area contributed by atoms with Crippen molar-refractivity contribution >= 4 is 29.0 Å². The predicted molar refractivity (Wildman–Crippen MR) is 114 cm³/mol. The molecule has 2 aromatic heterocycles. The minimum absolute atomic E-state index is 0.142. The van der Waals surface area contributed by atoms with Crippen LogP contribution in [0.4, 0.5) is 0 Å². The first-order valence-electron chi connectivity index (χ1n) is 9.83. The van der Waals surface area contributed by atoms with Gasteiger partial charge in [0.15, 0.2) is 0 Å². The van der Waals surface area contributed by atoms with Crippen LogP contribution in [0.1, 0.15) is 35.0 Å². The Hall–Kier alpha value is -2.19. The summed E-state index contributed by atoms with van der Waals surface area (Å²) in [6, 6.07) is 10.6. The van der Waals surface area contributed by atoms with Crippen molar-refractivity contribution in [3.63, 3.8) is 0 Å². The maximum absolute atomic E-state index is 12.5. The van der Waals surface area contributed by atoms with Gasteiger partial charge in [0, 0.05) is 18.5 Å². The Kier molecular flexibility index (Phi) is 6.61. The number of rotatable bonds is 7. The Morgan fingerprint density at radius 3 is 2.76 bits per heavy atom. The summed E-state index contributed by atoms with van der Waals surface area (Å²) in [5.74, 6) is 1.66. The third-order valence-electron chi connectivity index (χ3n) is 5.10. The van der Waals surface area contributed by atoms with E-state index in [1.54, 1.807) is 11.3 Å². The van der Waals surface area contributed by atoms with Crippen LogP contribution in [0.5, 0.6) is 0 Å². The van der Waals surface area contributed by atoms with E-state index < -0.39 is 0 Å². The van der Waals surface area contributed by atoms with Gasteiger partial charge in [-0.2, -0.15) is 0 Å². The molecule has 8 heteroatoms. The van der Waals surface area contributed by atoms with Gasteiger partial charge in [0.05, 0.1) is 22.9 Å². The molecule has 3 aromatic rings. The van der Waals surface area contributed by atoms with Crippen molar-refractivity contribution in [1.29, 1.82) is 0 Å². The largest absolute Gasteiger partial charge is 0.416 e. The normalized spacial score (nSPS) is 15.0. The zero-order valence-electron chi connectivity index (χ0n) is 16.4. The molecular weight excluding hydrogens is 404 g/mol. The SMILES string of the molecule is Cc1nc(Cc2nnc(SCC(=O)N3CCC(Cc4ccccc4)CC3)o2)cs1. The van der Waals surface area contributed by atoms with Gasteiger partial charge in [0.25, 0.3) is 5.22 Å². The third-order valence-corrected chi connectivity index (χ3v) is 6.73. The fourth-order valence-corrected chi connectivity index (χ4v) is 4.86. The molecule has 0 radical (unpaired) electrons. The van der Waals surface area contributed by atoms with Crippen LogP contribution in [0.2, 0.25) is 0 Å². The molecule has 29 heavy (non-hydrogen) atoms. The van der Waals surface area contributed by atoms with Crippen molar-refractivity contribution in [2.24, 2.45) is 5.92 Å². The van der Waals surface area contributed by atoms with Gasteiger partial charge in [-0.1, -0.05) is 42.1 Å². The molecule has 1 aliphatic rings. The van der Waals surface area contributed by atoms with Gasteiger partial charge < -0.3 is 9.32 Å². The molecule has 0 atom stereocenters. The van der Waals surface area contributed by atoms with Gasteiger partial charge >= 0.3 is 0 Å². The first-order chi connectivity index (χ1) is 14.2. The lowest BCUT2D eigenvalue weighted by Gasteiger charge is -2.32. The van der Waals surface area contributed by atoms with E-state index in [1.165, 1.54) is 17.3 Å². The smallest absolute Gasteiger partial charge is 0.277 e. The Labute approximate surface area is 178 Å². The summed E-state index contributed by atoms with van der Waals surface area (Å²) < 4.78 is 5.65. The summed E-state index contributed by atoms with van der Waals surface area (Å²) in [6.07, 6.45) is 3.74. The molecule has 1 aromatic carbocycles. The predicted octanol–water partition coefficient (Wildman–Crippen LogP) is 4.00. The number of aromatic nitrogens is 3. The second kappa shape index (κ2) is 9.54. The Morgan fingerprint density at radius 2 is 2.03 bits per heavy atom. The molecule has 1 aliphatic heterocycles. The molecule has 0 saturated carbocycles. The molecule has 6 nitrogen and oxygen atoms in total. The van der Waals surface area contributed by atoms with Crippen molar-refractivity contribution < 1.29 is 9.21 Å². The number of piperidine rings is 1. The van der Waals surface area contributed by atoms with Crippen LogP contribution in [-0.2, 0) is 17.6 Å². The van der Waals surface area contributed by atoms with E-state index in [4.69, 9.17) is 4.42 Å². The van der Waals surface area contributed by atoms with E-state index in [9.17, 15) is 4.79 Å². The minimum atomic E-state index is 0.142. The van der Waals surface area contributed by atoms with Crippen LogP contribution in [0, 0.1) is 12.8 Å². The van der Waals surface area contributed by atoms with Crippen LogP contribution in [-0.4, -0.2) is 44.8 Å². The molecule has 0 bridgehead atoms. The van der Waals surface area contributed by atoms with Gasteiger partial charge in [-0.3, -0.25) is 4.79 Å². The fourth-order valence-electron chi connectivity index (χ4n) is 3.56. The number of nitrogens with zero attached hydrogens (tertiary/aromatic N) is 4. The Balaban J connectivity index is 1.20. The van der Waals surface area contributed by atoms with Crippen molar-refractivity contribution in [2.75, 3.05) is 18.8 Å². The highest BCUT2D eigenvalue weighted by atomic mass is 32.2. The van der Waals surface area contributed by atoms with Crippen LogP contribution in [0.25, 0.3) is 0 Å². The third kappa shape index (κ3) is 5.67. The molecule has 0 N–H and O–H groups in total. The molecule has 152 valence electrons. The number of hydrogen-bond donors (Lipinski definition) is 0. The summed E-state index contributed by atoms with van der Waals surface area (Å²) in [7, 11) is 0. The number of thiazole rings is 1. The highest BCUT2D eigenvalue weighted by molar-refractivity contribution is 7.99. The van der Waals surface area contributed by atoms with E-state index in [2.05, 4.69) is 45.5 Å². The van der Waals surface area contributed by atoms with Gasteiger partial charge in [0.2, 0.25) is 11.8 Å². The zero-order chi connectivity index (χ0) is 20.1. The van der Waals surface area contributed by atoms with Gasteiger partial charge in [-0.15, -0.1) is 21.5 Å². The molecule has 3 heterocycles. The number of hydrogen-bond acceptors (Lipinski definition) is 7. The molecule has 0 unspecified atom stereocenters. The summed E-state index contributed by atoms with van der Waals surface area (Å²) in [5.41, 5.74) is 2.31. The van der Waals surface area contributed by atoms with E-state index in [1.807, 2.05) is 17.2 Å². The lowest BCUT2D eigenvalue weighted by Crippen LogP contribution is -2.39. The Morgan fingerprint density at radius 1 is 1.24 bits per heavy atom. The van der Waals surface area contributed by atoms with Crippen LogP contribution >= 0.6 is 23.1 Å². The van der Waals surface area contributed by atoms with Gasteiger partial charge in [-0.05, 0) is 37.7 Å². The molecule has 0 aliphatic carbocycles. The monoisotopic (exact) mass is 428 g/mol. The standard InChI is InChI=1S/C21H24N4O2S2/c1-15-22-18(13-28-15)12-19-23-24-21(27-19)29-14-20(26)25-9-7-17(8-10-25)11-16-5-3-2-4-6-16/h2-6,13,17H,7-12,14H2,1H3. The maximum atomic E-state index is 12.5. The van der Waals surface area contributed by atoms with Crippen molar-refractivity contribution in [3.05, 3.63) is 57.9 Å². The van der Waals surface area contributed by atoms with Crippen molar-refractivity contribution in [3.8, 4) is 0 Å². The quantitative estimate of drug-likeness (QED) is 0.530. The first kappa shape index (κ1) is 20.1. The number of carbonyl (C=O) groups excluding carboxylic acids is 1. The number of thioether (sulfide) groups is 1. The van der Waals surface area contributed by atoms with Gasteiger partial charge in [0.1, 0.15) is 0 Å². The highest BCUT2D eigenvalue weighted by Crippen LogP contribution is 2.24. The van der Waals surface area contributed by atoms with Crippen molar-refractivity contribution in [2.45, 2.75) is 37.8 Å². The van der Waals surface area contributed by atoms with Crippen LogP contribution < -0.4 is 0 Å². The summed E-state index contributed by atoms with van der Waals surface area (Å²) >= 11 is 2.92. The van der Waals surface area contributed by atoms with E-state index in [-0.39, 0.29) is 5.91 Å². The average molecular weight is 429 g/mol. The number of likely N-dealkylation sites (tertiary alicyclic amines) is 1. The average Bonchev–Trinajstić information content (AvgIpc) is 3.36. The molecule has 1 saturated heterocycles. The van der Waals surface area contributed by atoms with Crippen molar-refractivity contribution in [1.82, 2.24) is 20.1 Å². The Bertz CT molecular complexity index is 933. The second-order valence-corrected chi connectivity index (χ2v) is 9.29. The molecule has 0 spiro atoms. The second-order valence-electron chi connectivity index (χ2n) is 7.30. The summed E-state index contributed by atoms with van der Waals surface area (Å²) in [5, 5.41) is 11.6. The minimum Gasteiger partial charge on any atom is -0.416 e. The molecule has 1 fully saturated rings. The summed E-state index contributed by atoms with van der Waals surface area (Å²) in [6.45, 7) is 3.63. The lowest BCUT2D eigenvalue weighted by molar-refractivity contribution is -0.129. The summed E-state index contributed by atoms with van der Waals surface area (Å²) in [4.78, 5) is 18.9. The number of carbonyl (C=O) groups is 1. The zero-order valence-corrected chi connectivity index (χ0v) is 18.0. The van der Waals surface area contributed by atoms with Gasteiger partial charge in [-0.25, -0.2) is 4.98 Å². The first-order valence-corrected chi connectivity index (χ1v) is 11.7. The maximum Gasteiger partial charge on any atom is 0.277 e. The van der Waals surface area contributed by atoms with E-state index in [0.717, 1.165) is 43.1 Å². The fraction of sp³-hybridized carbons (Fsp3) is 0.429. The van der Waals surface area contributed by atoms with E-state index in [0.29, 0.717) is 29.2 Å². The molecule has 4 rings (SSSR count). The van der Waals surface area contributed by atoms with E-state index >= 15 is 0 Å². The highest BCUT2D eigenvalue weighted by Gasteiger charge is 2.23. The van der Waals surface area contributed by atoms with Crippen LogP contribution in [0.15, 0.2) is 45.4 Å². The van der Waals surface area contributed by atoms with Crippen LogP contribution in [0.3, 0.4) is 0 Å². The number of aryl methyl sites for hydroxylation is 1. The molecule has 1 amide bonds. The number of benzene rings is 1.